The van der Waals surface area contributed by atoms with E-state index in [1.165, 1.54) is 0 Å². The van der Waals surface area contributed by atoms with Gasteiger partial charge in [0.1, 0.15) is 0 Å². The summed E-state index contributed by atoms with van der Waals surface area (Å²) in [5.41, 5.74) is 5.20. The molecule has 0 atom stereocenters. The van der Waals surface area contributed by atoms with Crippen LogP contribution in [0.25, 0.3) is 0 Å². The number of hydrogen-bond donors (Lipinski definition) is 2. The number of rotatable bonds is 4. The summed E-state index contributed by atoms with van der Waals surface area (Å²) in [7, 11) is 0. The van der Waals surface area contributed by atoms with Crippen molar-refractivity contribution in [3.63, 3.8) is 0 Å². The summed E-state index contributed by atoms with van der Waals surface area (Å²) in [6.45, 7) is -1.52. The number of benzene rings is 1. The molecule has 0 radical (unpaired) electrons. The van der Waals surface area contributed by atoms with Crippen molar-refractivity contribution in [3.05, 3.63) is 33.4 Å². The highest BCUT2D eigenvalue weighted by atomic mass is 127. The van der Waals surface area contributed by atoms with Crippen molar-refractivity contribution in [1.82, 2.24) is 5.32 Å². The van der Waals surface area contributed by atoms with Crippen LogP contribution in [0.2, 0.25) is 0 Å². The molecular formula is C10H12ClF2IN2O. The lowest BCUT2D eigenvalue weighted by Gasteiger charge is -2.14. The summed E-state index contributed by atoms with van der Waals surface area (Å²) >= 11 is 2.09. The highest BCUT2D eigenvalue weighted by Crippen LogP contribution is 2.10. The van der Waals surface area contributed by atoms with Crippen LogP contribution in [0.1, 0.15) is 10.4 Å². The molecule has 96 valence electrons. The topological polar surface area (TPSA) is 55.1 Å². The van der Waals surface area contributed by atoms with Crippen LogP contribution in [-0.2, 0) is 0 Å². The summed E-state index contributed by atoms with van der Waals surface area (Å²) in [6, 6.07) is 6.63. The Morgan fingerprint density at radius 1 is 1.35 bits per heavy atom. The van der Waals surface area contributed by atoms with Crippen LogP contribution in [0.3, 0.4) is 0 Å². The molecule has 1 aromatic rings. The molecule has 0 heterocycles. The quantitative estimate of drug-likeness (QED) is 0.790. The van der Waals surface area contributed by atoms with Gasteiger partial charge in [0.15, 0.2) is 0 Å². The first kappa shape index (κ1) is 16.5. The van der Waals surface area contributed by atoms with Gasteiger partial charge in [-0.05, 0) is 46.9 Å². The van der Waals surface area contributed by atoms with Gasteiger partial charge in [-0.25, -0.2) is 8.78 Å². The number of carbonyl (C=O) groups excluding carboxylic acids is 1. The molecule has 1 rings (SSSR count). The van der Waals surface area contributed by atoms with Crippen molar-refractivity contribution in [2.45, 2.75) is 5.92 Å². The zero-order valence-corrected chi connectivity index (χ0v) is 11.7. The molecule has 0 unspecified atom stereocenters. The molecule has 0 aliphatic heterocycles. The maximum atomic E-state index is 12.8. The predicted octanol–water partition coefficient (Wildman–Crippen LogP) is 2.04. The second-order valence-electron chi connectivity index (χ2n) is 3.25. The van der Waals surface area contributed by atoms with Crippen LogP contribution in [-0.4, -0.2) is 24.9 Å². The highest BCUT2D eigenvalue weighted by molar-refractivity contribution is 14.1. The first-order valence-electron chi connectivity index (χ1n) is 4.56. The Balaban J connectivity index is 0.00000256. The number of alkyl halides is 2. The van der Waals surface area contributed by atoms with Crippen molar-refractivity contribution in [2.75, 3.05) is 13.1 Å². The van der Waals surface area contributed by atoms with Crippen molar-refractivity contribution in [3.8, 4) is 0 Å². The Kier molecular flexibility index (Phi) is 6.88. The van der Waals surface area contributed by atoms with Crippen molar-refractivity contribution in [1.29, 1.82) is 0 Å². The zero-order valence-electron chi connectivity index (χ0n) is 8.75. The van der Waals surface area contributed by atoms with E-state index in [-0.39, 0.29) is 12.4 Å². The molecule has 1 amide bonds. The van der Waals surface area contributed by atoms with Crippen LogP contribution < -0.4 is 11.1 Å². The molecule has 0 saturated carbocycles. The molecule has 3 nitrogen and oxygen atoms in total. The lowest BCUT2D eigenvalue weighted by molar-refractivity contribution is 0.0118. The van der Waals surface area contributed by atoms with Crippen LogP contribution >= 0.6 is 35.0 Å². The third-order valence-corrected chi connectivity index (χ3v) is 2.63. The van der Waals surface area contributed by atoms with Crippen LogP contribution in [0.15, 0.2) is 24.3 Å². The summed E-state index contributed by atoms with van der Waals surface area (Å²) < 4.78 is 26.5. The van der Waals surface area contributed by atoms with E-state index in [4.69, 9.17) is 5.73 Å². The summed E-state index contributed by atoms with van der Waals surface area (Å²) in [4.78, 5) is 11.4. The first-order valence-corrected chi connectivity index (χ1v) is 5.64. The Labute approximate surface area is 118 Å². The number of nitrogens with two attached hydrogens (primary N) is 1. The Morgan fingerprint density at radius 3 is 2.35 bits per heavy atom. The van der Waals surface area contributed by atoms with E-state index in [1.807, 2.05) is 0 Å². The van der Waals surface area contributed by atoms with E-state index in [2.05, 4.69) is 27.9 Å². The Morgan fingerprint density at radius 2 is 1.88 bits per heavy atom. The normalized spacial score (nSPS) is 10.6. The van der Waals surface area contributed by atoms with E-state index in [0.29, 0.717) is 5.56 Å². The van der Waals surface area contributed by atoms with Gasteiger partial charge in [-0.1, -0.05) is 0 Å². The highest BCUT2D eigenvalue weighted by Gasteiger charge is 2.27. The minimum Gasteiger partial charge on any atom is -0.346 e. The smallest absolute Gasteiger partial charge is 0.277 e. The Bertz CT molecular complexity index is 373. The molecular weight excluding hydrogens is 364 g/mol. The summed E-state index contributed by atoms with van der Waals surface area (Å²) in [5, 5.41) is 2.14. The molecule has 0 aromatic heterocycles. The van der Waals surface area contributed by atoms with Gasteiger partial charge in [0.05, 0.1) is 13.1 Å². The number of hydrogen-bond acceptors (Lipinski definition) is 2. The van der Waals surface area contributed by atoms with Crippen LogP contribution in [0.5, 0.6) is 0 Å². The molecule has 0 aliphatic carbocycles. The second kappa shape index (κ2) is 7.07. The number of amides is 1. The molecule has 0 aliphatic rings. The van der Waals surface area contributed by atoms with Gasteiger partial charge in [-0.3, -0.25) is 4.79 Å². The number of nitrogens with one attached hydrogen (secondary N) is 1. The van der Waals surface area contributed by atoms with Crippen molar-refractivity contribution in [2.24, 2.45) is 5.73 Å². The van der Waals surface area contributed by atoms with Gasteiger partial charge in [0.2, 0.25) is 0 Å². The monoisotopic (exact) mass is 376 g/mol. The van der Waals surface area contributed by atoms with E-state index in [1.54, 1.807) is 24.3 Å². The van der Waals surface area contributed by atoms with Gasteiger partial charge in [-0.15, -0.1) is 12.4 Å². The van der Waals surface area contributed by atoms with Gasteiger partial charge in [-0.2, -0.15) is 0 Å². The minimum absolute atomic E-state index is 0. The third kappa shape index (κ3) is 5.60. The maximum absolute atomic E-state index is 12.8. The average Bonchev–Trinajstić information content (AvgIpc) is 2.27. The van der Waals surface area contributed by atoms with Gasteiger partial charge < -0.3 is 11.1 Å². The molecule has 0 bridgehead atoms. The molecule has 0 saturated heterocycles. The largest absolute Gasteiger partial charge is 0.346 e. The summed E-state index contributed by atoms with van der Waals surface area (Å²) in [5.74, 6) is -3.58. The molecule has 0 spiro atoms. The van der Waals surface area contributed by atoms with E-state index < -0.39 is 24.9 Å². The van der Waals surface area contributed by atoms with Gasteiger partial charge in [0, 0.05) is 9.13 Å². The van der Waals surface area contributed by atoms with Crippen LogP contribution in [0, 0.1) is 3.57 Å². The van der Waals surface area contributed by atoms with Crippen LogP contribution in [0.4, 0.5) is 8.78 Å². The predicted molar refractivity (Wildman–Crippen MR) is 72.7 cm³/mol. The van der Waals surface area contributed by atoms with E-state index in [9.17, 15) is 13.6 Å². The van der Waals surface area contributed by atoms with Crippen molar-refractivity contribution < 1.29 is 13.6 Å². The maximum Gasteiger partial charge on any atom is 0.277 e. The van der Waals surface area contributed by atoms with Crippen molar-refractivity contribution >= 4 is 40.9 Å². The fourth-order valence-electron chi connectivity index (χ4n) is 0.985. The van der Waals surface area contributed by atoms with Gasteiger partial charge in [0.25, 0.3) is 11.8 Å². The van der Waals surface area contributed by atoms with Gasteiger partial charge >= 0.3 is 0 Å². The zero-order chi connectivity index (χ0) is 12.2. The fourth-order valence-corrected chi connectivity index (χ4v) is 1.34. The molecule has 7 heteroatoms. The lowest BCUT2D eigenvalue weighted by atomic mass is 10.2. The second-order valence-corrected chi connectivity index (χ2v) is 4.50. The number of carbonyl (C=O) groups is 1. The number of halogens is 4. The standard InChI is InChI=1S/C10H11F2IN2O.ClH/c11-10(12,5-14)6-15-9(16)7-1-3-8(13)4-2-7;/h1-4H,5-6,14H2,(H,15,16);1H. The Hall–Kier alpha value is -0.470. The SMILES string of the molecule is Cl.NCC(F)(F)CNC(=O)c1ccc(I)cc1. The molecule has 17 heavy (non-hydrogen) atoms. The summed E-state index contributed by atoms with van der Waals surface area (Å²) in [6.07, 6.45) is 0. The fraction of sp³-hybridized carbons (Fsp3) is 0.300. The molecule has 1 aromatic carbocycles. The average molecular weight is 377 g/mol. The van der Waals surface area contributed by atoms with E-state index >= 15 is 0 Å². The molecule has 0 fully saturated rings. The van der Waals surface area contributed by atoms with E-state index in [0.717, 1.165) is 3.57 Å². The lowest BCUT2D eigenvalue weighted by Crippen LogP contribution is -2.41. The minimum atomic E-state index is -3.06. The third-order valence-electron chi connectivity index (χ3n) is 1.91. The molecule has 3 N–H and O–H groups in total. The first-order chi connectivity index (χ1) is 7.44.